The lowest BCUT2D eigenvalue weighted by molar-refractivity contribution is -0.126. The largest absolute Gasteiger partial charge is 0.296 e. The first kappa shape index (κ1) is 12.6. The van der Waals surface area contributed by atoms with E-state index in [4.69, 9.17) is 0 Å². The highest BCUT2D eigenvalue weighted by molar-refractivity contribution is 5.89. The van der Waals surface area contributed by atoms with Crippen LogP contribution in [0.2, 0.25) is 0 Å². The molecule has 94 valence electrons. The summed E-state index contributed by atoms with van der Waals surface area (Å²) in [4.78, 5) is 11.4. The summed E-state index contributed by atoms with van der Waals surface area (Å²) in [5.41, 5.74) is -1.93. The minimum absolute atomic E-state index is 0.355. The van der Waals surface area contributed by atoms with Crippen LogP contribution in [0.1, 0.15) is 18.4 Å². The fourth-order valence-electron chi connectivity index (χ4n) is 1.99. The average molecular weight is 252 g/mol. The Balaban J connectivity index is 2.48. The van der Waals surface area contributed by atoms with Gasteiger partial charge in [-0.2, -0.15) is 0 Å². The molecule has 0 fully saturated rings. The van der Waals surface area contributed by atoms with Gasteiger partial charge in [0.25, 0.3) is 0 Å². The molecule has 0 spiro atoms. The maximum absolute atomic E-state index is 14.6. The number of allylic oxidation sites excluding steroid dienone is 4. The number of rotatable bonds is 2. The van der Waals surface area contributed by atoms with Gasteiger partial charge in [0.15, 0.2) is 11.5 Å². The zero-order chi connectivity index (χ0) is 13.3. The zero-order valence-electron chi connectivity index (χ0n) is 9.66. The van der Waals surface area contributed by atoms with Crippen molar-refractivity contribution >= 4 is 5.78 Å². The predicted molar refractivity (Wildman–Crippen MR) is 62.0 cm³/mol. The third-order valence-electron chi connectivity index (χ3n) is 3.03. The van der Waals surface area contributed by atoms with Gasteiger partial charge >= 0.3 is 0 Å². The topological polar surface area (TPSA) is 17.1 Å². The number of Topliss-reactive ketones (excluding diaryl/α,β-unsaturated/α-hetero) is 1. The molecule has 0 saturated carbocycles. The molecule has 1 aromatic rings. The van der Waals surface area contributed by atoms with E-state index in [2.05, 4.69) is 0 Å². The monoisotopic (exact) mass is 252 g/mol. The Labute approximate surface area is 103 Å². The molecule has 0 N–H and O–H groups in total. The van der Waals surface area contributed by atoms with Crippen molar-refractivity contribution in [3.05, 3.63) is 59.7 Å². The van der Waals surface area contributed by atoms with Crippen LogP contribution < -0.4 is 0 Å². The van der Waals surface area contributed by atoms with Crippen LogP contribution in [0.15, 0.2) is 48.3 Å². The molecule has 0 amide bonds. The Hall–Kier alpha value is -1.84. The summed E-state index contributed by atoms with van der Waals surface area (Å²) < 4.78 is 40.6. The van der Waals surface area contributed by atoms with Crippen molar-refractivity contribution in [3.8, 4) is 0 Å². The van der Waals surface area contributed by atoms with Crippen molar-refractivity contribution in [2.45, 2.75) is 18.5 Å². The van der Waals surface area contributed by atoms with Gasteiger partial charge in [0.1, 0.15) is 11.6 Å². The molecule has 0 heterocycles. The zero-order valence-corrected chi connectivity index (χ0v) is 9.66. The summed E-state index contributed by atoms with van der Waals surface area (Å²) in [6.07, 6.45) is 2.88. The van der Waals surface area contributed by atoms with Gasteiger partial charge in [-0.25, -0.2) is 13.2 Å². The van der Waals surface area contributed by atoms with E-state index in [1.165, 1.54) is 12.1 Å². The first-order valence-corrected chi connectivity index (χ1v) is 5.45. The van der Waals surface area contributed by atoms with Crippen molar-refractivity contribution < 1.29 is 18.0 Å². The van der Waals surface area contributed by atoms with E-state index in [1.54, 1.807) is 0 Å². The van der Waals surface area contributed by atoms with E-state index in [0.29, 0.717) is 5.56 Å². The van der Waals surface area contributed by atoms with E-state index >= 15 is 0 Å². The molecule has 0 bridgehead atoms. The Kier molecular flexibility index (Phi) is 3.11. The number of benzene rings is 1. The molecule has 2 unspecified atom stereocenters. The van der Waals surface area contributed by atoms with Crippen LogP contribution in [-0.4, -0.2) is 11.5 Å². The first-order valence-electron chi connectivity index (χ1n) is 5.45. The van der Waals surface area contributed by atoms with Crippen molar-refractivity contribution in [2.24, 2.45) is 0 Å². The minimum atomic E-state index is -2.28. The molecular formula is C14H11F3O. The molecule has 1 nitrogen and oxygen atoms in total. The second kappa shape index (κ2) is 4.44. The average Bonchev–Trinajstić information content (AvgIpc) is 2.33. The Bertz CT molecular complexity index is 530. The van der Waals surface area contributed by atoms with Gasteiger partial charge in [-0.15, -0.1) is 0 Å². The number of carbonyl (C=O) groups is 1. The van der Waals surface area contributed by atoms with Crippen LogP contribution in [0.5, 0.6) is 0 Å². The van der Waals surface area contributed by atoms with E-state index in [9.17, 15) is 18.0 Å². The molecule has 0 aliphatic heterocycles. The smallest absolute Gasteiger partial charge is 0.197 e. The van der Waals surface area contributed by atoms with E-state index in [-0.39, 0.29) is 0 Å². The lowest BCUT2D eigenvalue weighted by Crippen LogP contribution is -2.37. The Morgan fingerprint density at radius 2 is 1.83 bits per heavy atom. The van der Waals surface area contributed by atoms with E-state index < -0.39 is 29.0 Å². The second-order valence-electron chi connectivity index (χ2n) is 4.24. The highest BCUT2D eigenvalue weighted by atomic mass is 19.1. The minimum Gasteiger partial charge on any atom is -0.296 e. The molecule has 2 rings (SSSR count). The standard InChI is InChI=1S/C14H11F3O/c1-9(18)14(17)7-6-12(16)8-13(14)10-2-4-11(15)5-3-10/h2-8,13H,1H3. The summed E-state index contributed by atoms with van der Waals surface area (Å²) in [7, 11) is 0. The van der Waals surface area contributed by atoms with Crippen LogP contribution in [0.4, 0.5) is 13.2 Å². The molecule has 4 heteroatoms. The third kappa shape index (κ3) is 2.10. The van der Waals surface area contributed by atoms with Gasteiger partial charge in [0.05, 0.1) is 5.92 Å². The van der Waals surface area contributed by atoms with Gasteiger partial charge < -0.3 is 0 Å². The quantitative estimate of drug-likeness (QED) is 0.785. The number of hydrogen-bond acceptors (Lipinski definition) is 1. The summed E-state index contributed by atoms with van der Waals surface area (Å²) in [5.74, 6) is -2.86. The van der Waals surface area contributed by atoms with Crippen LogP contribution >= 0.6 is 0 Å². The van der Waals surface area contributed by atoms with Crippen LogP contribution in [0, 0.1) is 5.82 Å². The van der Waals surface area contributed by atoms with Gasteiger partial charge in [-0.05, 0) is 42.8 Å². The number of carbonyl (C=O) groups excluding carboxylic acids is 1. The number of ketones is 1. The van der Waals surface area contributed by atoms with Gasteiger partial charge in [-0.1, -0.05) is 12.1 Å². The van der Waals surface area contributed by atoms with Gasteiger partial charge in [0.2, 0.25) is 0 Å². The number of halogens is 3. The van der Waals surface area contributed by atoms with E-state index in [0.717, 1.165) is 37.3 Å². The highest BCUT2D eigenvalue weighted by Crippen LogP contribution is 2.39. The molecule has 0 aromatic heterocycles. The van der Waals surface area contributed by atoms with Crippen LogP contribution in [-0.2, 0) is 4.79 Å². The summed E-state index contributed by atoms with van der Waals surface area (Å²) >= 11 is 0. The maximum Gasteiger partial charge on any atom is 0.197 e. The summed E-state index contributed by atoms with van der Waals surface area (Å²) in [6, 6.07) is 5.00. The number of alkyl halides is 1. The van der Waals surface area contributed by atoms with E-state index in [1.807, 2.05) is 0 Å². The summed E-state index contributed by atoms with van der Waals surface area (Å²) in [5, 5.41) is 0. The number of hydrogen-bond donors (Lipinski definition) is 0. The molecule has 1 aromatic carbocycles. The van der Waals surface area contributed by atoms with Gasteiger partial charge in [-0.3, -0.25) is 4.79 Å². The highest BCUT2D eigenvalue weighted by Gasteiger charge is 2.43. The molecule has 2 atom stereocenters. The van der Waals surface area contributed by atoms with Gasteiger partial charge in [0, 0.05) is 0 Å². The molecule has 18 heavy (non-hydrogen) atoms. The molecule has 1 aliphatic rings. The van der Waals surface area contributed by atoms with Crippen molar-refractivity contribution in [3.63, 3.8) is 0 Å². The normalized spacial score (nSPS) is 26.9. The Morgan fingerprint density at radius 3 is 2.39 bits per heavy atom. The Morgan fingerprint density at radius 1 is 1.22 bits per heavy atom. The van der Waals surface area contributed by atoms with Crippen LogP contribution in [0.3, 0.4) is 0 Å². The molecule has 0 radical (unpaired) electrons. The fourth-order valence-corrected chi connectivity index (χ4v) is 1.99. The second-order valence-corrected chi connectivity index (χ2v) is 4.24. The molecule has 0 saturated heterocycles. The lowest BCUT2D eigenvalue weighted by Gasteiger charge is -2.29. The van der Waals surface area contributed by atoms with Crippen molar-refractivity contribution in [2.75, 3.05) is 0 Å². The molecule has 1 aliphatic carbocycles. The fraction of sp³-hybridized carbons (Fsp3) is 0.214. The predicted octanol–water partition coefficient (Wildman–Crippen LogP) is 3.63. The SMILES string of the molecule is CC(=O)C1(F)C=CC(F)=CC1c1ccc(F)cc1. The first-order chi connectivity index (χ1) is 8.43. The van der Waals surface area contributed by atoms with Crippen molar-refractivity contribution in [1.29, 1.82) is 0 Å². The van der Waals surface area contributed by atoms with Crippen molar-refractivity contribution in [1.82, 2.24) is 0 Å². The molecular weight excluding hydrogens is 241 g/mol. The maximum atomic E-state index is 14.6. The lowest BCUT2D eigenvalue weighted by atomic mass is 9.78. The third-order valence-corrected chi connectivity index (χ3v) is 3.03. The van der Waals surface area contributed by atoms with Crippen LogP contribution in [0.25, 0.3) is 0 Å². The summed E-state index contributed by atoms with van der Waals surface area (Å²) in [6.45, 7) is 1.11.